The largest absolute Gasteiger partial charge is 0.508 e. The van der Waals surface area contributed by atoms with E-state index in [9.17, 15) is 10.2 Å². The number of aromatic nitrogens is 3. The van der Waals surface area contributed by atoms with Gasteiger partial charge < -0.3 is 14.9 Å². The van der Waals surface area contributed by atoms with E-state index in [1.165, 1.54) is 0 Å². The van der Waals surface area contributed by atoms with Crippen LogP contribution in [-0.4, -0.2) is 32.3 Å². The smallest absolute Gasteiger partial charge is 0.167 e. The molecule has 4 aromatic rings. The summed E-state index contributed by atoms with van der Waals surface area (Å²) in [4.78, 5) is 13.7. The van der Waals surface area contributed by atoms with Crippen molar-refractivity contribution in [1.29, 1.82) is 0 Å². The van der Waals surface area contributed by atoms with Crippen LogP contribution in [-0.2, 0) is 0 Å². The van der Waals surface area contributed by atoms with Crippen molar-refractivity contribution < 1.29 is 14.9 Å². The van der Waals surface area contributed by atoms with E-state index < -0.39 is 0 Å². The van der Waals surface area contributed by atoms with Crippen LogP contribution in [0.4, 0.5) is 0 Å². The van der Waals surface area contributed by atoms with Crippen LogP contribution in [0.25, 0.3) is 34.2 Å². The van der Waals surface area contributed by atoms with Crippen molar-refractivity contribution in [2.75, 3.05) is 7.11 Å². The zero-order chi connectivity index (χ0) is 19.5. The molecule has 28 heavy (non-hydrogen) atoms. The van der Waals surface area contributed by atoms with Crippen molar-refractivity contribution >= 4 is 0 Å². The van der Waals surface area contributed by atoms with Crippen molar-refractivity contribution in [3.8, 4) is 51.4 Å². The topological polar surface area (TPSA) is 88.4 Å². The lowest BCUT2D eigenvalue weighted by atomic mass is 10.1. The Balaban J connectivity index is 1.89. The van der Waals surface area contributed by atoms with Gasteiger partial charge in [-0.05, 0) is 60.7 Å². The number of hydrogen-bond acceptors (Lipinski definition) is 6. The van der Waals surface area contributed by atoms with Crippen molar-refractivity contribution in [2.45, 2.75) is 0 Å². The SMILES string of the molecule is COc1ccc(-c2nc(-c3ccc(O)cc3)nc(-c3ccccc3O)n2)cc1. The zero-order valence-corrected chi connectivity index (χ0v) is 15.1. The van der Waals surface area contributed by atoms with Gasteiger partial charge in [0, 0.05) is 11.1 Å². The second kappa shape index (κ2) is 7.36. The van der Waals surface area contributed by atoms with Crippen LogP contribution in [0.1, 0.15) is 0 Å². The maximum Gasteiger partial charge on any atom is 0.167 e. The normalized spacial score (nSPS) is 10.6. The number of ether oxygens (including phenoxy) is 1. The highest BCUT2D eigenvalue weighted by atomic mass is 16.5. The summed E-state index contributed by atoms with van der Waals surface area (Å²) >= 11 is 0. The van der Waals surface area contributed by atoms with Crippen molar-refractivity contribution in [1.82, 2.24) is 15.0 Å². The van der Waals surface area contributed by atoms with Crippen LogP contribution >= 0.6 is 0 Å². The van der Waals surface area contributed by atoms with Gasteiger partial charge in [0.05, 0.1) is 12.7 Å². The van der Waals surface area contributed by atoms with Crippen LogP contribution in [0.15, 0.2) is 72.8 Å². The first-order chi connectivity index (χ1) is 13.6. The Labute approximate surface area is 161 Å². The van der Waals surface area contributed by atoms with Gasteiger partial charge in [0.2, 0.25) is 0 Å². The summed E-state index contributed by atoms with van der Waals surface area (Å²) in [6.07, 6.45) is 0. The number of rotatable bonds is 4. The summed E-state index contributed by atoms with van der Waals surface area (Å²) in [6, 6.07) is 20.9. The summed E-state index contributed by atoms with van der Waals surface area (Å²) in [5, 5.41) is 19.8. The number of para-hydroxylation sites is 1. The molecule has 0 aliphatic carbocycles. The molecule has 0 radical (unpaired) electrons. The number of aromatic hydroxyl groups is 2. The minimum Gasteiger partial charge on any atom is -0.508 e. The van der Waals surface area contributed by atoms with Gasteiger partial charge in [0.15, 0.2) is 17.5 Å². The molecule has 0 fully saturated rings. The Hall–Kier alpha value is -3.93. The van der Waals surface area contributed by atoms with E-state index in [4.69, 9.17) is 4.74 Å². The molecule has 0 saturated carbocycles. The van der Waals surface area contributed by atoms with E-state index in [-0.39, 0.29) is 11.5 Å². The third-order valence-electron chi connectivity index (χ3n) is 4.25. The lowest BCUT2D eigenvalue weighted by Crippen LogP contribution is -2.00. The molecule has 3 aromatic carbocycles. The van der Waals surface area contributed by atoms with Gasteiger partial charge in [0.1, 0.15) is 17.2 Å². The predicted molar refractivity (Wildman–Crippen MR) is 106 cm³/mol. The fourth-order valence-electron chi connectivity index (χ4n) is 2.77. The highest BCUT2D eigenvalue weighted by Crippen LogP contribution is 2.30. The summed E-state index contributed by atoms with van der Waals surface area (Å²) in [6.45, 7) is 0. The van der Waals surface area contributed by atoms with Gasteiger partial charge in [-0.15, -0.1) is 0 Å². The summed E-state index contributed by atoms with van der Waals surface area (Å²) in [7, 11) is 1.61. The summed E-state index contributed by atoms with van der Waals surface area (Å²) < 4.78 is 5.21. The Morgan fingerprint density at radius 1 is 0.643 bits per heavy atom. The molecule has 0 saturated heterocycles. The van der Waals surface area contributed by atoms with E-state index in [1.54, 1.807) is 49.6 Å². The standard InChI is InChI=1S/C22H17N3O3/c1-28-17-12-8-15(9-13-17)21-23-20(14-6-10-16(26)11-7-14)24-22(25-21)18-4-2-3-5-19(18)27/h2-13,26-27H,1H3. The summed E-state index contributed by atoms with van der Waals surface area (Å²) in [5.41, 5.74) is 2.03. The Kier molecular flexibility index (Phi) is 4.60. The first-order valence-corrected chi connectivity index (χ1v) is 8.62. The second-order valence-electron chi connectivity index (χ2n) is 6.10. The first kappa shape index (κ1) is 17.5. The third-order valence-corrected chi connectivity index (χ3v) is 4.25. The second-order valence-corrected chi connectivity index (χ2v) is 6.10. The Morgan fingerprint density at radius 2 is 1.18 bits per heavy atom. The molecule has 2 N–H and O–H groups in total. The lowest BCUT2D eigenvalue weighted by molar-refractivity contribution is 0.415. The van der Waals surface area contributed by atoms with Crippen molar-refractivity contribution in [3.63, 3.8) is 0 Å². The number of phenolic OH excluding ortho intramolecular Hbond substituents is 2. The molecule has 0 spiro atoms. The number of hydrogen-bond donors (Lipinski definition) is 2. The van der Waals surface area contributed by atoms with Gasteiger partial charge in [-0.2, -0.15) is 0 Å². The number of nitrogens with zero attached hydrogens (tertiary/aromatic N) is 3. The number of phenols is 2. The van der Waals surface area contributed by atoms with Gasteiger partial charge in [-0.25, -0.2) is 15.0 Å². The van der Waals surface area contributed by atoms with E-state index in [0.717, 1.165) is 16.9 Å². The van der Waals surface area contributed by atoms with E-state index in [0.29, 0.717) is 23.0 Å². The molecule has 6 heteroatoms. The molecular formula is C22H17N3O3. The van der Waals surface area contributed by atoms with Gasteiger partial charge in [0.25, 0.3) is 0 Å². The Morgan fingerprint density at radius 3 is 1.75 bits per heavy atom. The van der Waals surface area contributed by atoms with Gasteiger partial charge >= 0.3 is 0 Å². The molecule has 0 amide bonds. The third kappa shape index (κ3) is 3.48. The molecule has 0 aliphatic heterocycles. The molecular weight excluding hydrogens is 354 g/mol. The molecule has 4 rings (SSSR count). The molecule has 0 unspecified atom stereocenters. The quantitative estimate of drug-likeness (QED) is 0.556. The van der Waals surface area contributed by atoms with Crippen LogP contribution in [0.2, 0.25) is 0 Å². The number of benzene rings is 3. The van der Waals surface area contributed by atoms with E-state index >= 15 is 0 Å². The maximum absolute atomic E-state index is 10.2. The first-order valence-electron chi connectivity index (χ1n) is 8.62. The fraction of sp³-hybridized carbons (Fsp3) is 0.0455. The minimum absolute atomic E-state index is 0.0889. The molecule has 0 atom stereocenters. The predicted octanol–water partition coefficient (Wildman–Crippen LogP) is 4.29. The minimum atomic E-state index is 0.0889. The summed E-state index contributed by atoms with van der Waals surface area (Å²) in [5.74, 6) is 2.26. The van der Waals surface area contributed by atoms with Crippen molar-refractivity contribution in [3.05, 3.63) is 72.8 Å². The zero-order valence-electron chi connectivity index (χ0n) is 15.1. The molecule has 0 aliphatic rings. The monoisotopic (exact) mass is 371 g/mol. The highest BCUT2D eigenvalue weighted by Gasteiger charge is 2.14. The maximum atomic E-state index is 10.2. The average Bonchev–Trinajstić information content (AvgIpc) is 2.74. The Bertz CT molecular complexity index is 1110. The number of methoxy groups -OCH3 is 1. The highest BCUT2D eigenvalue weighted by molar-refractivity contribution is 5.69. The lowest BCUT2D eigenvalue weighted by Gasteiger charge is -2.09. The molecule has 0 bridgehead atoms. The van der Waals surface area contributed by atoms with Crippen molar-refractivity contribution in [2.24, 2.45) is 0 Å². The average molecular weight is 371 g/mol. The van der Waals surface area contributed by atoms with Gasteiger partial charge in [-0.3, -0.25) is 0 Å². The molecule has 1 aromatic heterocycles. The van der Waals surface area contributed by atoms with E-state index in [1.807, 2.05) is 30.3 Å². The van der Waals surface area contributed by atoms with Crippen LogP contribution in [0, 0.1) is 0 Å². The van der Waals surface area contributed by atoms with E-state index in [2.05, 4.69) is 15.0 Å². The molecule has 1 heterocycles. The van der Waals surface area contributed by atoms with Crippen LogP contribution < -0.4 is 4.74 Å². The molecule has 6 nitrogen and oxygen atoms in total. The van der Waals surface area contributed by atoms with Crippen LogP contribution in [0.5, 0.6) is 17.2 Å². The molecule has 138 valence electrons. The van der Waals surface area contributed by atoms with Gasteiger partial charge in [-0.1, -0.05) is 12.1 Å². The fourth-order valence-corrected chi connectivity index (χ4v) is 2.77. The van der Waals surface area contributed by atoms with Crippen LogP contribution in [0.3, 0.4) is 0 Å².